The molecular formula is C16H25NO2. The summed E-state index contributed by atoms with van der Waals surface area (Å²) in [6.07, 6.45) is 1.80. The maximum atomic E-state index is 9.18. The fourth-order valence-corrected chi connectivity index (χ4v) is 2.77. The largest absolute Gasteiger partial charge is 0.396 e. The fraction of sp³-hybridized carbons (Fsp3) is 0.625. The molecule has 0 saturated carbocycles. The first-order valence-electron chi connectivity index (χ1n) is 7.19. The summed E-state index contributed by atoms with van der Waals surface area (Å²) in [6.45, 7) is 7.12. The van der Waals surface area contributed by atoms with Crippen LogP contribution in [0.5, 0.6) is 0 Å². The van der Waals surface area contributed by atoms with E-state index in [1.165, 1.54) is 5.56 Å². The molecule has 0 radical (unpaired) electrons. The Hall–Kier alpha value is -0.900. The number of ether oxygens (including phenoxy) is 1. The van der Waals surface area contributed by atoms with Gasteiger partial charge in [-0.15, -0.1) is 0 Å². The van der Waals surface area contributed by atoms with E-state index >= 15 is 0 Å². The lowest BCUT2D eigenvalue weighted by Gasteiger charge is -2.45. The second kappa shape index (κ2) is 6.51. The minimum absolute atomic E-state index is 0.187. The molecule has 1 aromatic rings. The summed E-state index contributed by atoms with van der Waals surface area (Å²) in [5.74, 6) is 0. The van der Waals surface area contributed by atoms with Gasteiger partial charge in [-0.3, -0.25) is 4.90 Å². The van der Waals surface area contributed by atoms with Crippen LogP contribution < -0.4 is 0 Å². The smallest absolute Gasteiger partial charge is 0.0803 e. The van der Waals surface area contributed by atoms with E-state index in [1.807, 2.05) is 0 Å². The molecule has 0 amide bonds. The molecule has 1 N–H and O–H groups in total. The van der Waals surface area contributed by atoms with E-state index in [-0.39, 0.29) is 12.2 Å². The molecule has 0 spiro atoms. The van der Waals surface area contributed by atoms with Crippen molar-refractivity contribution in [2.24, 2.45) is 0 Å². The Bertz CT molecular complexity index is 382. The lowest BCUT2D eigenvalue weighted by Crippen LogP contribution is -2.55. The van der Waals surface area contributed by atoms with Crippen LogP contribution in [0.25, 0.3) is 0 Å². The van der Waals surface area contributed by atoms with Crippen LogP contribution in [0.3, 0.4) is 0 Å². The molecule has 2 atom stereocenters. The van der Waals surface area contributed by atoms with Crippen molar-refractivity contribution in [2.45, 2.75) is 44.9 Å². The molecule has 1 saturated heterocycles. The Morgan fingerprint density at radius 1 is 1.37 bits per heavy atom. The summed E-state index contributed by atoms with van der Waals surface area (Å²) in [7, 11) is 0. The van der Waals surface area contributed by atoms with Crippen LogP contribution in [0.15, 0.2) is 30.3 Å². The van der Waals surface area contributed by atoms with E-state index in [4.69, 9.17) is 4.74 Å². The van der Waals surface area contributed by atoms with Gasteiger partial charge in [0.25, 0.3) is 0 Å². The Balaban J connectivity index is 2.06. The topological polar surface area (TPSA) is 32.7 Å². The number of aliphatic hydroxyl groups excluding tert-OH is 1. The molecule has 106 valence electrons. The molecule has 1 aromatic carbocycles. The van der Waals surface area contributed by atoms with Gasteiger partial charge in [-0.05, 0) is 18.9 Å². The molecule has 0 bridgehead atoms. The normalized spacial score (nSPS) is 28.5. The number of nitrogens with zero attached hydrogens (tertiary/aromatic N) is 1. The summed E-state index contributed by atoms with van der Waals surface area (Å²) in [6, 6.07) is 11.0. The van der Waals surface area contributed by atoms with Crippen molar-refractivity contribution < 1.29 is 9.84 Å². The highest BCUT2D eigenvalue weighted by Gasteiger charge is 2.35. The van der Waals surface area contributed by atoms with Crippen LogP contribution in [-0.2, 0) is 11.3 Å². The van der Waals surface area contributed by atoms with E-state index in [1.54, 1.807) is 0 Å². The van der Waals surface area contributed by atoms with Gasteiger partial charge in [-0.2, -0.15) is 0 Å². The molecule has 0 aromatic heterocycles. The molecule has 3 nitrogen and oxygen atoms in total. The minimum Gasteiger partial charge on any atom is -0.396 e. The summed E-state index contributed by atoms with van der Waals surface area (Å²) >= 11 is 0. The number of aliphatic hydroxyl groups is 1. The molecule has 1 aliphatic rings. The van der Waals surface area contributed by atoms with Crippen molar-refractivity contribution in [3.63, 3.8) is 0 Å². The third-order valence-corrected chi connectivity index (χ3v) is 4.02. The van der Waals surface area contributed by atoms with Crippen LogP contribution in [0.4, 0.5) is 0 Å². The predicted octanol–water partition coefficient (Wildman–Crippen LogP) is 2.44. The zero-order valence-electron chi connectivity index (χ0n) is 12.0. The first-order chi connectivity index (χ1) is 9.17. The number of hydrogen-bond donors (Lipinski definition) is 1. The Kier molecular flexibility index (Phi) is 4.97. The van der Waals surface area contributed by atoms with Crippen LogP contribution in [-0.4, -0.2) is 41.4 Å². The first kappa shape index (κ1) is 14.5. The van der Waals surface area contributed by atoms with Crippen molar-refractivity contribution in [3.05, 3.63) is 35.9 Å². The van der Waals surface area contributed by atoms with Gasteiger partial charge in [0.2, 0.25) is 0 Å². The Labute approximate surface area is 116 Å². The first-order valence-corrected chi connectivity index (χ1v) is 7.19. The quantitative estimate of drug-likeness (QED) is 0.885. The second-order valence-electron chi connectivity index (χ2n) is 5.69. The van der Waals surface area contributed by atoms with E-state index in [0.29, 0.717) is 12.5 Å². The summed E-state index contributed by atoms with van der Waals surface area (Å²) < 4.78 is 5.98. The molecule has 1 aliphatic heterocycles. The van der Waals surface area contributed by atoms with Crippen LogP contribution in [0.2, 0.25) is 0 Å². The second-order valence-corrected chi connectivity index (χ2v) is 5.69. The van der Waals surface area contributed by atoms with Crippen molar-refractivity contribution in [3.8, 4) is 0 Å². The summed E-state index contributed by atoms with van der Waals surface area (Å²) in [5, 5.41) is 9.18. The number of rotatable bonds is 5. The Morgan fingerprint density at radius 3 is 2.74 bits per heavy atom. The predicted molar refractivity (Wildman–Crippen MR) is 77.0 cm³/mol. The standard InChI is InChI=1S/C16H25NO2/c1-3-15-12-19-16(2,9-10-18)13-17(15)11-14-7-5-4-6-8-14/h4-8,15,18H,3,9-13H2,1-2H3/t15-,16?/m1/s1. The maximum Gasteiger partial charge on any atom is 0.0803 e. The zero-order chi connectivity index (χ0) is 13.7. The van der Waals surface area contributed by atoms with Gasteiger partial charge in [0, 0.05) is 32.2 Å². The van der Waals surface area contributed by atoms with Gasteiger partial charge in [-0.25, -0.2) is 0 Å². The number of hydrogen-bond acceptors (Lipinski definition) is 3. The lowest BCUT2D eigenvalue weighted by molar-refractivity contribution is -0.135. The van der Waals surface area contributed by atoms with Crippen LogP contribution >= 0.6 is 0 Å². The third kappa shape index (κ3) is 3.78. The van der Waals surface area contributed by atoms with Crippen LogP contribution in [0, 0.1) is 0 Å². The molecule has 3 heteroatoms. The molecule has 1 fully saturated rings. The highest BCUT2D eigenvalue weighted by molar-refractivity contribution is 5.15. The van der Waals surface area contributed by atoms with Crippen molar-refractivity contribution >= 4 is 0 Å². The molecule has 0 aliphatic carbocycles. The van der Waals surface area contributed by atoms with E-state index in [2.05, 4.69) is 49.1 Å². The van der Waals surface area contributed by atoms with Crippen molar-refractivity contribution in [1.29, 1.82) is 0 Å². The Morgan fingerprint density at radius 2 is 2.11 bits per heavy atom. The average Bonchev–Trinajstić information content (AvgIpc) is 2.40. The molecule has 1 unspecified atom stereocenters. The van der Waals surface area contributed by atoms with Gasteiger partial charge in [0.05, 0.1) is 12.2 Å². The third-order valence-electron chi connectivity index (χ3n) is 4.02. The highest BCUT2D eigenvalue weighted by Crippen LogP contribution is 2.26. The van der Waals surface area contributed by atoms with Gasteiger partial charge >= 0.3 is 0 Å². The molecule has 1 heterocycles. The lowest BCUT2D eigenvalue weighted by atomic mass is 9.97. The summed E-state index contributed by atoms with van der Waals surface area (Å²) in [4.78, 5) is 2.49. The monoisotopic (exact) mass is 263 g/mol. The van der Waals surface area contributed by atoms with Crippen molar-refractivity contribution in [2.75, 3.05) is 19.8 Å². The fourth-order valence-electron chi connectivity index (χ4n) is 2.77. The molecule has 19 heavy (non-hydrogen) atoms. The number of benzene rings is 1. The molecular weight excluding hydrogens is 238 g/mol. The SMILES string of the molecule is CC[C@@H]1COC(C)(CCO)CN1Cc1ccccc1. The van der Waals surface area contributed by atoms with E-state index in [9.17, 15) is 5.11 Å². The molecule has 2 rings (SSSR count). The van der Waals surface area contributed by atoms with Gasteiger partial charge in [0.1, 0.15) is 0 Å². The summed E-state index contributed by atoms with van der Waals surface area (Å²) in [5.41, 5.74) is 1.13. The minimum atomic E-state index is -0.213. The van der Waals surface area contributed by atoms with Crippen LogP contribution in [0.1, 0.15) is 32.3 Å². The average molecular weight is 263 g/mol. The van der Waals surface area contributed by atoms with E-state index < -0.39 is 0 Å². The van der Waals surface area contributed by atoms with E-state index in [0.717, 1.165) is 26.1 Å². The van der Waals surface area contributed by atoms with Crippen molar-refractivity contribution in [1.82, 2.24) is 4.90 Å². The van der Waals surface area contributed by atoms with Gasteiger partial charge in [0.15, 0.2) is 0 Å². The number of morpholine rings is 1. The highest BCUT2D eigenvalue weighted by atomic mass is 16.5. The zero-order valence-corrected chi connectivity index (χ0v) is 12.0. The van der Waals surface area contributed by atoms with Gasteiger partial charge < -0.3 is 9.84 Å². The van der Waals surface area contributed by atoms with Gasteiger partial charge in [-0.1, -0.05) is 37.3 Å². The maximum absolute atomic E-state index is 9.18.